The zero-order chi connectivity index (χ0) is 65.6. The van der Waals surface area contributed by atoms with Gasteiger partial charge in [-0.2, -0.15) is 0 Å². The summed E-state index contributed by atoms with van der Waals surface area (Å²) in [5.41, 5.74) is 16.5. The molecule has 2 heterocycles. The fourth-order valence-corrected chi connectivity index (χ4v) is 13.2. The van der Waals surface area contributed by atoms with Gasteiger partial charge in [-0.1, -0.05) is 183 Å². The molecule has 0 saturated heterocycles. The molecule has 2 aliphatic rings. The van der Waals surface area contributed by atoms with Gasteiger partial charge in [0.05, 0.1) is 22.3 Å². The van der Waals surface area contributed by atoms with Gasteiger partial charge in [0.1, 0.15) is 46.0 Å². The summed E-state index contributed by atoms with van der Waals surface area (Å²) in [5, 5.41) is 3.73. The smallest absolute Gasteiger partial charge is 0.261 e. The predicted molar refractivity (Wildman–Crippen MR) is 373 cm³/mol. The first kappa shape index (κ1) is 65.2. The van der Waals surface area contributed by atoms with Crippen molar-refractivity contribution in [1.82, 2.24) is 9.80 Å². The molecule has 0 bridgehead atoms. The molecule has 0 aliphatic carbocycles. The van der Waals surface area contributed by atoms with Crippen LogP contribution in [0.1, 0.15) is 224 Å². The number of amides is 4. The minimum Gasteiger partial charge on any atom is -0.457 e. The lowest BCUT2D eigenvalue weighted by atomic mass is 9.80. The van der Waals surface area contributed by atoms with Crippen LogP contribution in [0.5, 0.6) is 46.0 Å². The summed E-state index contributed by atoms with van der Waals surface area (Å²) in [6, 6.07) is 39.0. The monoisotopic (exact) mass is 1240 g/mol. The topological polar surface area (TPSA) is 164 Å². The number of nitrogens with zero attached hydrogens (tertiary/aromatic N) is 2. The van der Waals surface area contributed by atoms with E-state index in [1.54, 1.807) is 24.3 Å². The lowest BCUT2D eigenvalue weighted by Crippen LogP contribution is -2.41. The lowest BCUT2D eigenvalue weighted by molar-refractivity contribution is 0.0592. The van der Waals surface area contributed by atoms with Crippen molar-refractivity contribution < 1.29 is 38.1 Å². The second kappa shape index (κ2) is 26.0. The average Bonchev–Trinajstić information content (AvgIpc) is 0.674. The SMILES string of the molecule is CC(C)(C)c1ccc(Oc2cc3c4c(cc(Oc5ccc(C(C)(C)C)cc5)c5c6c(Oc7ccc(C(C)(C)C)cc7)cc7c8c(cc(Oc9ccc(C(C)(C)C)cc9)c(c2c45)c86)C(=O)N(CCCCCCCCN)C7=O)C(=O)N(CCCCCCCCN)C3=O)cc1. The summed E-state index contributed by atoms with van der Waals surface area (Å²) in [4.78, 5) is 65.6. The van der Waals surface area contributed by atoms with E-state index in [4.69, 9.17) is 30.4 Å². The number of hydrogen-bond donors (Lipinski definition) is 2. The molecule has 0 aromatic heterocycles. The molecule has 9 aromatic carbocycles. The molecule has 2 aliphatic heterocycles. The Bertz CT molecular complexity index is 3710. The van der Waals surface area contributed by atoms with Crippen LogP contribution >= 0.6 is 0 Å². The van der Waals surface area contributed by atoms with Gasteiger partial charge in [-0.15, -0.1) is 0 Å². The van der Waals surface area contributed by atoms with Crippen LogP contribution in [0.4, 0.5) is 0 Å². The molecule has 4 amide bonds. The quantitative estimate of drug-likeness (QED) is 0.0258. The van der Waals surface area contributed by atoms with Crippen LogP contribution in [0.3, 0.4) is 0 Å². The number of imide groups is 2. The third-order valence-corrected chi connectivity index (χ3v) is 18.5. The van der Waals surface area contributed by atoms with Crippen molar-refractivity contribution >= 4 is 66.7 Å². The first-order chi connectivity index (χ1) is 43.8. The summed E-state index contributed by atoms with van der Waals surface area (Å²) < 4.78 is 29.2. The van der Waals surface area contributed by atoms with Crippen molar-refractivity contribution in [2.24, 2.45) is 11.5 Å². The van der Waals surface area contributed by atoms with Crippen molar-refractivity contribution in [1.29, 1.82) is 0 Å². The summed E-state index contributed by atoms with van der Waals surface area (Å²) in [7, 11) is 0. The number of carbonyl (C=O) groups excluding carboxylic acids is 4. The molecule has 11 rings (SSSR count). The molecule has 0 saturated carbocycles. The van der Waals surface area contributed by atoms with Gasteiger partial charge in [0, 0.05) is 56.2 Å². The van der Waals surface area contributed by atoms with E-state index < -0.39 is 23.6 Å². The number of unbranched alkanes of at least 4 members (excludes halogenated alkanes) is 10. The fraction of sp³-hybridized carbons (Fsp3) is 0.400. The highest BCUT2D eigenvalue weighted by Crippen LogP contribution is 2.58. The predicted octanol–water partition coefficient (Wildman–Crippen LogP) is 19.9. The number of nitrogens with two attached hydrogens (primary N) is 2. The van der Waals surface area contributed by atoms with Gasteiger partial charge in [0.25, 0.3) is 23.6 Å². The van der Waals surface area contributed by atoms with Crippen LogP contribution in [0.15, 0.2) is 121 Å². The lowest BCUT2D eigenvalue weighted by Gasteiger charge is -2.32. The van der Waals surface area contributed by atoms with E-state index in [1.807, 2.05) is 97.1 Å². The Hall–Kier alpha value is -8.32. The zero-order valence-corrected chi connectivity index (χ0v) is 56.2. The fourth-order valence-electron chi connectivity index (χ4n) is 13.2. The van der Waals surface area contributed by atoms with Gasteiger partial charge < -0.3 is 30.4 Å². The molecule has 12 nitrogen and oxygen atoms in total. The van der Waals surface area contributed by atoms with Crippen LogP contribution in [0.25, 0.3) is 43.1 Å². The van der Waals surface area contributed by atoms with Crippen molar-refractivity contribution in [3.05, 3.63) is 166 Å². The van der Waals surface area contributed by atoms with E-state index >= 15 is 19.2 Å². The number of rotatable bonds is 24. The maximum Gasteiger partial charge on any atom is 0.261 e. The van der Waals surface area contributed by atoms with Gasteiger partial charge in [0.2, 0.25) is 0 Å². The molecule has 4 N–H and O–H groups in total. The molecular weight excluding hydrogens is 1140 g/mol. The maximum absolute atomic E-state index is 15.7. The Morgan fingerprint density at radius 2 is 0.489 bits per heavy atom. The van der Waals surface area contributed by atoms with Crippen LogP contribution in [0, 0.1) is 0 Å². The number of ether oxygens (including phenoxy) is 4. The normalized spacial score (nSPS) is 13.8. The van der Waals surface area contributed by atoms with Crippen molar-refractivity contribution in [2.75, 3.05) is 26.2 Å². The Morgan fingerprint density at radius 1 is 0.283 bits per heavy atom. The standard InChI is InChI=1S/C80H92N4O8/c1-77(2,3)49-25-33-53(34-26-49)89-61-45-57-65-58(74(86)83(73(57)85)43-23-19-15-13-17-21-41-81)47-63(91-55-37-29-51(30-38-55)79(7,8)9)69-70-64(92-56-39-31-52(32-40-56)80(10,11)12)48-60-66-59(75(87)84(76(60)88)44-24-20-16-14-18-22-42-82)46-62(68(72(66)70)67(61)71(65)69)90-54-35-27-50(28-36-54)78(4,5)6/h25-40,45-48H,13-24,41-44,81-82H2,1-12H3. The average molecular weight is 1240 g/mol. The van der Waals surface area contributed by atoms with E-state index in [9.17, 15) is 0 Å². The van der Waals surface area contributed by atoms with Crippen LogP contribution in [-0.4, -0.2) is 59.6 Å². The third-order valence-electron chi connectivity index (χ3n) is 18.5. The van der Waals surface area contributed by atoms with E-state index in [1.165, 1.54) is 9.80 Å². The van der Waals surface area contributed by atoms with Crippen LogP contribution in [-0.2, 0) is 21.7 Å². The molecule has 92 heavy (non-hydrogen) atoms. The highest BCUT2D eigenvalue weighted by molar-refractivity contribution is 6.44. The van der Waals surface area contributed by atoms with Crippen molar-refractivity contribution in [2.45, 2.75) is 182 Å². The van der Waals surface area contributed by atoms with Crippen LogP contribution < -0.4 is 30.4 Å². The Kier molecular flexibility index (Phi) is 18.4. The largest absolute Gasteiger partial charge is 0.457 e. The second-order valence-electron chi connectivity index (χ2n) is 29.5. The van der Waals surface area contributed by atoms with Gasteiger partial charge in [-0.05, 0) is 155 Å². The summed E-state index contributed by atoms with van der Waals surface area (Å²) in [6.07, 6.45) is 10.7. The molecule has 0 spiro atoms. The summed E-state index contributed by atoms with van der Waals surface area (Å²) >= 11 is 0. The molecule has 0 unspecified atom stereocenters. The molecule has 9 aromatic rings. The van der Waals surface area contributed by atoms with Gasteiger partial charge >= 0.3 is 0 Å². The number of carbonyl (C=O) groups is 4. The van der Waals surface area contributed by atoms with E-state index in [2.05, 4.69) is 83.1 Å². The van der Waals surface area contributed by atoms with Crippen molar-refractivity contribution in [3.8, 4) is 46.0 Å². The first-order valence-electron chi connectivity index (χ1n) is 33.4. The van der Waals surface area contributed by atoms with E-state index in [0.717, 1.165) is 86.5 Å². The first-order valence-corrected chi connectivity index (χ1v) is 33.4. The van der Waals surface area contributed by atoms with E-state index in [-0.39, 0.29) is 57.0 Å². The Labute approximate surface area is 543 Å². The van der Waals surface area contributed by atoms with Gasteiger partial charge in [-0.3, -0.25) is 29.0 Å². The van der Waals surface area contributed by atoms with Crippen LogP contribution in [0.2, 0.25) is 0 Å². The summed E-state index contributed by atoms with van der Waals surface area (Å²) in [5.74, 6) is 1.36. The second-order valence-corrected chi connectivity index (χ2v) is 29.5. The van der Waals surface area contributed by atoms with E-state index in [0.29, 0.717) is 115 Å². The molecular formula is C80H92N4O8. The molecule has 0 atom stereocenters. The molecule has 0 radical (unpaired) electrons. The number of fused-ring (bicyclic) bond motifs is 2. The maximum atomic E-state index is 15.7. The molecule has 480 valence electrons. The third kappa shape index (κ3) is 13.1. The highest BCUT2D eigenvalue weighted by atomic mass is 16.5. The Morgan fingerprint density at radius 3 is 0.696 bits per heavy atom. The molecule has 12 heteroatoms. The van der Waals surface area contributed by atoms with Gasteiger partial charge in [0.15, 0.2) is 0 Å². The molecule has 0 fully saturated rings. The number of benzene rings is 9. The number of hydrogen-bond acceptors (Lipinski definition) is 10. The van der Waals surface area contributed by atoms with Gasteiger partial charge in [-0.25, -0.2) is 0 Å². The highest BCUT2D eigenvalue weighted by Gasteiger charge is 2.42. The Balaban J connectivity index is 1.27. The zero-order valence-electron chi connectivity index (χ0n) is 56.2. The summed E-state index contributed by atoms with van der Waals surface area (Å²) in [6.45, 7) is 27.6. The van der Waals surface area contributed by atoms with Crippen molar-refractivity contribution in [3.63, 3.8) is 0 Å². The minimum absolute atomic E-state index is 0.167. The minimum atomic E-state index is -0.448.